The summed E-state index contributed by atoms with van der Waals surface area (Å²) in [5, 5.41) is 13.7. The molecule has 1 aliphatic carbocycles. The molecule has 1 amide bonds. The molecule has 1 fully saturated rings. The van der Waals surface area contributed by atoms with Crippen LogP contribution in [0.1, 0.15) is 18.1 Å². The van der Waals surface area contributed by atoms with Crippen LogP contribution in [-0.2, 0) is 17.6 Å². The van der Waals surface area contributed by atoms with Crippen molar-refractivity contribution in [1.82, 2.24) is 4.90 Å². The molecule has 2 aliphatic rings. The van der Waals surface area contributed by atoms with Crippen LogP contribution in [0.2, 0.25) is 0 Å². The van der Waals surface area contributed by atoms with Gasteiger partial charge in [0.15, 0.2) is 0 Å². The first-order valence-electron chi connectivity index (χ1n) is 9.93. The predicted octanol–water partition coefficient (Wildman–Crippen LogP) is 1.88. The number of benzene rings is 2. The second kappa shape index (κ2) is 7.81. The Labute approximate surface area is 165 Å². The number of nitrogens with two attached hydrogens (primary N) is 1. The topological polar surface area (TPSA) is 81.8 Å². The lowest BCUT2D eigenvalue weighted by Crippen LogP contribution is -2.56. The highest BCUT2D eigenvalue weighted by atomic mass is 16.3. The molecule has 1 aliphatic heterocycles. The minimum atomic E-state index is -0.368. The maximum Gasteiger partial charge on any atom is 0.221 e. The Kier molecular flexibility index (Phi) is 5.24. The van der Waals surface area contributed by atoms with E-state index in [4.69, 9.17) is 5.73 Å². The molecule has 4 rings (SSSR count). The molecule has 6 heteroatoms. The molecule has 4 N–H and O–H groups in total. The van der Waals surface area contributed by atoms with Gasteiger partial charge in [-0.2, -0.15) is 0 Å². The van der Waals surface area contributed by atoms with Gasteiger partial charge in [0.05, 0.1) is 17.5 Å². The minimum Gasteiger partial charge on any atom is -0.398 e. The molecule has 2 atom stereocenters. The molecule has 0 unspecified atom stereocenters. The van der Waals surface area contributed by atoms with Gasteiger partial charge in [-0.3, -0.25) is 9.69 Å². The monoisotopic (exact) mass is 380 g/mol. The number of carbonyl (C=O) groups is 1. The van der Waals surface area contributed by atoms with Crippen LogP contribution in [0.5, 0.6) is 0 Å². The molecule has 0 spiro atoms. The Balaban J connectivity index is 1.45. The van der Waals surface area contributed by atoms with Crippen LogP contribution in [0.25, 0.3) is 0 Å². The highest BCUT2D eigenvalue weighted by Gasteiger charge is 2.34. The highest BCUT2D eigenvalue weighted by Crippen LogP contribution is 2.31. The average Bonchev–Trinajstić information content (AvgIpc) is 2.68. The molecule has 0 radical (unpaired) electrons. The van der Waals surface area contributed by atoms with Crippen molar-refractivity contribution >= 4 is 23.0 Å². The van der Waals surface area contributed by atoms with Crippen molar-refractivity contribution in [3.05, 3.63) is 53.6 Å². The molecular weight excluding hydrogens is 352 g/mol. The number of hydrogen-bond donors (Lipinski definition) is 3. The summed E-state index contributed by atoms with van der Waals surface area (Å²) in [5.74, 6) is -0.0623. The second-order valence-electron chi connectivity index (χ2n) is 7.75. The van der Waals surface area contributed by atoms with Gasteiger partial charge >= 0.3 is 0 Å². The van der Waals surface area contributed by atoms with Crippen molar-refractivity contribution in [1.29, 1.82) is 0 Å². The summed E-state index contributed by atoms with van der Waals surface area (Å²) >= 11 is 0. The fraction of sp³-hybridized carbons (Fsp3) is 0.409. The number of nitrogens with one attached hydrogen (secondary N) is 1. The zero-order valence-corrected chi connectivity index (χ0v) is 16.3. The molecule has 0 aromatic heterocycles. The third-order valence-corrected chi connectivity index (χ3v) is 5.93. The highest BCUT2D eigenvalue weighted by molar-refractivity contribution is 5.92. The lowest BCUT2D eigenvalue weighted by molar-refractivity contribution is -0.114. The summed E-state index contributed by atoms with van der Waals surface area (Å²) in [7, 11) is 0. The van der Waals surface area contributed by atoms with E-state index in [1.807, 2.05) is 36.4 Å². The van der Waals surface area contributed by atoms with Crippen LogP contribution in [0, 0.1) is 0 Å². The Morgan fingerprint density at radius 2 is 1.82 bits per heavy atom. The molecule has 148 valence electrons. The van der Waals surface area contributed by atoms with Gasteiger partial charge in [-0.1, -0.05) is 24.3 Å². The van der Waals surface area contributed by atoms with Crippen molar-refractivity contribution in [2.45, 2.75) is 31.9 Å². The van der Waals surface area contributed by atoms with E-state index in [1.165, 1.54) is 18.1 Å². The van der Waals surface area contributed by atoms with Crippen LogP contribution < -0.4 is 16.0 Å². The van der Waals surface area contributed by atoms with E-state index in [2.05, 4.69) is 21.2 Å². The molecule has 0 bridgehead atoms. The summed E-state index contributed by atoms with van der Waals surface area (Å²) < 4.78 is 0. The third-order valence-electron chi connectivity index (χ3n) is 5.93. The number of rotatable bonds is 3. The largest absolute Gasteiger partial charge is 0.398 e. The SMILES string of the molecule is CC(=O)Nc1ccccc1N1CCN([C@H]2Cc3c(N)cccc3C[C@@H]2O)CC1. The summed E-state index contributed by atoms with van der Waals surface area (Å²) in [6.07, 6.45) is 1.09. The minimum absolute atomic E-state index is 0.0623. The summed E-state index contributed by atoms with van der Waals surface area (Å²) in [4.78, 5) is 16.2. The summed E-state index contributed by atoms with van der Waals surface area (Å²) in [6.45, 7) is 4.99. The number of piperazine rings is 1. The smallest absolute Gasteiger partial charge is 0.221 e. The van der Waals surface area contributed by atoms with E-state index in [0.717, 1.165) is 49.7 Å². The van der Waals surface area contributed by atoms with Gasteiger partial charge in [0.2, 0.25) is 5.91 Å². The second-order valence-corrected chi connectivity index (χ2v) is 7.75. The fourth-order valence-electron chi connectivity index (χ4n) is 4.51. The maximum absolute atomic E-state index is 11.5. The Morgan fingerprint density at radius 3 is 2.57 bits per heavy atom. The molecular formula is C22H28N4O2. The van der Waals surface area contributed by atoms with Gasteiger partial charge in [-0.25, -0.2) is 0 Å². The van der Waals surface area contributed by atoms with Crippen LogP contribution in [0.15, 0.2) is 42.5 Å². The van der Waals surface area contributed by atoms with Crippen LogP contribution in [0.3, 0.4) is 0 Å². The van der Waals surface area contributed by atoms with Gasteiger partial charge in [-0.15, -0.1) is 0 Å². The Bertz CT molecular complexity index is 861. The lowest BCUT2D eigenvalue weighted by Gasteiger charge is -2.44. The quantitative estimate of drug-likeness (QED) is 0.709. The molecule has 0 saturated carbocycles. The summed E-state index contributed by atoms with van der Waals surface area (Å²) in [6, 6.07) is 14.0. The number of fused-ring (bicyclic) bond motifs is 1. The van der Waals surface area contributed by atoms with Crippen molar-refractivity contribution in [2.75, 3.05) is 42.1 Å². The van der Waals surface area contributed by atoms with E-state index in [0.29, 0.717) is 6.42 Å². The van der Waals surface area contributed by atoms with E-state index < -0.39 is 0 Å². The Hall–Kier alpha value is -2.57. The standard InChI is InChI=1S/C22H28N4O2/c1-15(27)24-19-7-2-3-8-20(19)25-9-11-26(12-10-25)21-14-17-16(13-22(21)28)5-4-6-18(17)23/h2-8,21-22,28H,9-14,23H2,1H3,(H,24,27)/t21-,22-/m0/s1. The molecule has 2 aromatic rings. The molecule has 2 aromatic carbocycles. The number of hydrogen-bond acceptors (Lipinski definition) is 5. The average molecular weight is 380 g/mol. The Morgan fingerprint density at radius 1 is 1.07 bits per heavy atom. The zero-order chi connectivity index (χ0) is 19.7. The first kappa shape index (κ1) is 18.8. The number of amides is 1. The van der Waals surface area contributed by atoms with E-state index in [-0.39, 0.29) is 18.1 Å². The van der Waals surface area contributed by atoms with Crippen LogP contribution in [-0.4, -0.2) is 54.2 Å². The number of nitrogens with zero attached hydrogens (tertiary/aromatic N) is 2. The van der Waals surface area contributed by atoms with E-state index in [1.54, 1.807) is 0 Å². The third kappa shape index (κ3) is 3.70. The number of carbonyl (C=O) groups excluding carboxylic acids is 1. The van der Waals surface area contributed by atoms with Crippen molar-refractivity contribution in [3.8, 4) is 0 Å². The van der Waals surface area contributed by atoms with Crippen molar-refractivity contribution in [3.63, 3.8) is 0 Å². The van der Waals surface area contributed by atoms with Crippen LogP contribution >= 0.6 is 0 Å². The normalized spacial score (nSPS) is 22.6. The van der Waals surface area contributed by atoms with Gasteiger partial charge in [0.25, 0.3) is 0 Å². The summed E-state index contributed by atoms with van der Waals surface area (Å²) in [5.41, 5.74) is 11.3. The number of aliphatic hydroxyl groups excluding tert-OH is 1. The van der Waals surface area contributed by atoms with Crippen LogP contribution in [0.4, 0.5) is 17.1 Å². The number of aliphatic hydroxyl groups is 1. The molecule has 1 saturated heterocycles. The maximum atomic E-state index is 11.5. The van der Waals surface area contributed by atoms with Gasteiger partial charge in [0.1, 0.15) is 0 Å². The van der Waals surface area contributed by atoms with E-state index in [9.17, 15) is 9.90 Å². The number of anilines is 3. The number of nitrogen functional groups attached to an aromatic ring is 1. The van der Waals surface area contributed by atoms with E-state index >= 15 is 0 Å². The first-order valence-corrected chi connectivity index (χ1v) is 9.93. The first-order chi connectivity index (χ1) is 13.5. The molecule has 6 nitrogen and oxygen atoms in total. The molecule has 28 heavy (non-hydrogen) atoms. The molecule has 1 heterocycles. The number of para-hydroxylation sites is 2. The van der Waals surface area contributed by atoms with Gasteiger partial charge in [0, 0.05) is 51.3 Å². The lowest BCUT2D eigenvalue weighted by atomic mass is 9.84. The van der Waals surface area contributed by atoms with Crippen molar-refractivity contribution in [2.24, 2.45) is 0 Å². The fourth-order valence-corrected chi connectivity index (χ4v) is 4.51. The zero-order valence-electron chi connectivity index (χ0n) is 16.3. The van der Waals surface area contributed by atoms with Crippen molar-refractivity contribution < 1.29 is 9.90 Å². The van der Waals surface area contributed by atoms with Gasteiger partial charge in [-0.05, 0) is 35.7 Å². The van der Waals surface area contributed by atoms with Gasteiger partial charge < -0.3 is 21.1 Å². The predicted molar refractivity (Wildman–Crippen MR) is 113 cm³/mol.